The number of nitrogens with zero attached hydrogens (tertiary/aromatic N) is 1. The molecule has 2 nitrogen and oxygen atoms in total. The summed E-state index contributed by atoms with van der Waals surface area (Å²) in [6.07, 6.45) is 2.59. The second kappa shape index (κ2) is 5.64. The summed E-state index contributed by atoms with van der Waals surface area (Å²) in [6.45, 7) is 4.40. The Hall–Kier alpha value is -0.230. The SMILES string of the molecule is CC(C)c1csc(C(NC2CC2)c2sccc2Br)n1. The van der Waals surface area contributed by atoms with Gasteiger partial charge >= 0.3 is 0 Å². The molecule has 1 unspecified atom stereocenters. The van der Waals surface area contributed by atoms with Gasteiger partial charge in [-0.3, -0.25) is 0 Å². The molecule has 1 aliphatic rings. The summed E-state index contributed by atoms with van der Waals surface area (Å²) in [4.78, 5) is 6.17. The smallest absolute Gasteiger partial charge is 0.115 e. The lowest BCUT2D eigenvalue weighted by Gasteiger charge is -2.15. The van der Waals surface area contributed by atoms with Gasteiger partial charge in [-0.2, -0.15) is 0 Å². The molecule has 0 aliphatic heterocycles. The van der Waals surface area contributed by atoms with E-state index in [1.54, 1.807) is 22.7 Å². The quantitative estimate of drug-likeness (QED) is 0.821. The molecule has 1 N–H and O–H groups in total. The molecule has 2 aromatic heterocycles. The van der Waals surface area contributed by atoms with Crippen LogP contribution in [0.1, 0.15) is 54.2 Å². The van der Waals surface area contributed by atoms with Crippen LogP contribution in [0.3, 0.4) is 0 Å². The molecular weight excluding hydrogens is 340 g/mol. The molecular formula is C14H17BrN2S2. The number of hydrogen-bond acceptors (Lipinski definition) is 4. The summed E-state index contributed by atoms with van der Waals surface area (Å²) in [5.74, 6) is 0.498. The number of rotatable bonds is 5. The number of hydrogen-bond donors (Lipinski definition) is 1. The zero-order valence-corrected chi connectivity index (χ0v) is 14.2. The molecule has 1 saturated carbocycles. The molecule has 0 saturated heterocycles. The van der Waals surface area contributed by atoms with Crippen LogP contribution < -0.4 is 5.32 Å². The lowest BCUT2D eigenvalue weighted by atomic mass is 10.1. The van der Waals surface area contributed by atoms with E-state index in [9.17, 15) is 0 Å². The van der Waals surface area contributed by atoms with Gasteiger partial charge in [0.2, 0.25) is 0 Å². The first kappa shape index (κ1) is 13.7. The van der Waals surface area contributed by atoms with E-state index in [-0.39, 0.29) is 6.04 Å². The van der Waals surface area contributed by atoms with Crippen LogP contribution in [-0.4, -0.2) is 11.0 Å². The molecule has 0 aromatic carbocycles. The molecule has 0 radical (unpaired) electrons. The third-order valence-corrected chi connectivity index (χ3v) is 6.13. The first-order valence-electron chi connectivity index (χ1n) is 6.59. The van der Waals surface area contributed by atoms with Crippen LogP contribution in [0, 0.1) is 0 Å². The van der Waals surface area contributed by atoms with E-state index in [1.165, 1.54) is 32.9 Å². The van der Waals surface area contributed by atoms with Gasteiger partial charge < -0.3 is 5.32 Å². The predicted octanol–water partition coefficient (Wildman–Crippen LogP) is 4.93. The lowest BCUT2D eigenvalue weighted by molar-refractivity contribution is 0.601. The van der Waals surface area contributed by atoms with Gasteiger partial charge in [-0.25, -0.2) is 4.98 Å². The van der Waals surface area contributed by atoms with Gasteiger partial charge in [-0.1, -0.05) is 13.8 Å². The normalized spacial score (nSPS) is 17.1. The van der Waals surface area contributed by atoms with E-state index in [2.05, 4.69) is 51.9 Å². The summed E-state index contributed by atoms with van der Waals surface area (Å²) in [6, 6.07) is 3.04. The Labute approximate surface area is 130 Å². The molecule has 0 bridgehead atoms. The third-order valence-electron chi connectivity index (χ3n) is 3.26. The Kier molecular flexibility index (Phi) is 4.08. The van der Waals surface area contributed by atoms with Crippen molar-refractivity contribution < 1.29 is 0 Å². The van der Waals surface area contributed by atoms with Crippen LogP contribution in [0.2, 0.25) is 0 Å². The van der Waals surface area contributed by atoms with Crippen LogP contribution >= 0.6 is 38.6 Å². The Morgan fingerprint density at radius 1 is 1.37 bits per heavy atom. The Morgan fingerprint density at radius 3 is 2.68 bits per heavy atom. The lowest BCUT2D eigenvalue weighted by Crippen LogP contribution is -2.24. The topological polar surface area (TPSA) is 24.9 Å². The summed E-state index contributed by atoms with van der Waals surface area (Å²) >= 11 is 7.23. The Bertz CT molecular complexity index is 557. The summed E-state index contributed by atoms with van der Waals surface area (Å²) in [7, 11) is 0. The van der Waals surface area contributed by atoms with E-state index >= 15 is 0 Å². The van der Waals surface area contributed by atoms with Gasteiger partial charge in [0, 0.05) is 20.8 Å². The van der Waals surface area contributed by atoms with Gasteiger partial charge in [0.1, 0.15) is 5.01 Å². The maximum Gasteiger partial charge on any atom is 0.115 e. The van der Waals surface area contributed by atoms with E-state index in [4.69, 9.17) is 4.98 Å². The van der Waals surface area contributed by atoms with Crippen molar-refractivity contribution in [3.8, 4) is 0 Å². The minimum absolute atomic E-state index is 0.249. The maximum absolute atomic E-state index is 4.83. The number of nitrogens with one attached hydrogen (secondary N) is 1. The van der Waals surface area contributed by atoms with Crippen LogP contribution in [0.25, 0.3) is 0 Å². The molecule has 3 rings (SSSR count). The summed E-state index contributed by atoms with van der Waals surface area (Å²) < 4.78 is 1.19. The highest BCUT2D eigenvalue weighted by Crippen LogP contribution is 2.37. The monoisotopic (exact) mass is 356 g/mol. The highest BCUT2D eigenvalue weighted by molar-refractivity contribution is 9.10. The standard InChI is InChI=1S/C14H17BrN2S2/c1-8(2)11-7-19-14(17-11)12(16-9-3-4-9)13-10(15)5-6-18-13/h5-9,12,16H,3-4H2,1-2H3. The van der Waals surface area contributed by atoms with Crippen molar-refractivity contribution in [2.75, 3.05) is 0 Å². The molecule has 0 amide bonds. The van der Waals surface area contributed by atoms with Crippen LogP contribution in [-0.2, 0) is 0 Å². The summed E-state index contributed by atoms with van der Waals surface area (Å²) in [5, 5.41) is 9.26. The van der Waals surface area contributed by atoms with E-state index in [1.807, 2.05) is 0 Å². The fraction of sp³-hybridized carbons (Fsp3) is 0.500. The molecule has 1 atom stereocenters. The first-order chi connectivity index (χ1) is 9.15. The molecule has 0 spiro atoms. The van der Waals surface area contributed by atoms with E-state index < -0.39 is 0 Å². The Morgan fingerprint density at radius 2 is 2.16 bits per heavy atom. The third kappa shape index (κ3) is 3.10. The van der Waals surface area contributed by atoms with Crippen molar-refractivity contribution in [3.05, 3.63) is 36.9 Å². The zero-order valence-electron chi connectivity index (χ0n) is 11.0. The van der Waals surface area contributed by atoms with Crippen molar-refractivity contribution >= 4 is 38.6 Å². The minimum Gasteiger partial charge on any atom is -0.301 e. The number of halogens is 1. The molecule has 1 aliphatic carbocycles. The molecule has 19 heavy (non-hydrogen) atoms. The van der Waals surface area contributed by atoms with Crippen molar-refractivity contribution in [3.63, 3.8) is 0 Å². The van der Waals surface area contributed by atoms with Crippen LogP contribution in [0.15, 0.2) is 21.3 Å². The largest absolute Gasteiger partial charge is 0.301 e. The highest BCUT2D eigenvalue weighted by Gasteiger charge is 2.29. The van der Waals surface area contributed by atoms with Gasteiger partial charge in [-0.15, -0.1) is 22.7 Å². The maximum atomic E-state index is 4.83. The fourth-order valence-electron chi connectivity index (χ4n) is 1.95. The van der Waals surface area contributed by atoms with Crippen molar-refractivity contribution in [1.29, 1.82) is 0 Å². The Balaban J connectivity index is 1.91. The fourth-order valence-corrected chi connectivity index (χ4v) is 4.74. The number of thiophene rings is 1. The predicted molar refractivity (Wildman–Crippen MR) is 86.2 cm³/mol. The van der Waals surface area contributed by atoms with Crippen LogP contribution in [0.5, 0.6) is 0 Å². The molecule has 2 aromatic rings. The molecule has 1 fully saturated rings. The van der Waals surface area contributed by atoms with E-state index in [0.29, 0.717) is 12.0 Å². The van der Waals surface area contributed by atoms with Gasteiger partial charge in [-0.05, 0) is 46.1 Å². The second-order valence-electron chi connectivity index (χ2n) is 5.27. The average molecular weight is 357 g/mol. The zero-order chi connectivity index (χ0) is 13.4. The number of thiazole rings is 1. The highest BCUT2D eigenvalue weighted by atomic mass is 79.9. The molecule has 2 heterocycles. The second-order valence-corrected chi connectivity index (χ2v) is 7.96. The van der Waals surface area contributed by atoms with Gasteiger partial charge in [0.25, 0.3) is 0 Å². The molecule has 5 heteroatoms. The van der Waals surface area contributed by atoms with Crippen molar-refractivity contribution in [1.82, 2.24) is 10.3 Å². The average Bonchev–Trinajstić information content (AvgIpc) is 2.90. The first-order valence-corrected chi connectivity index (χ1v) is 9.14. The van der Waals surface area contributed by atoms with Crippen molar-refractivity contribution in [2.24, 2.45) is 0 Å². The minimum atomic E-state index is 0.249. The van der Waals surface area contributed by atoms with Crippen LogP contribution in [0.4, 0.5) is 0 Å². The van der Waals surface area contributed by atoms with E-state index in [0.717, 1.165) is 0 Å². The van der Waals surface area contributed by atoms with Crippen molar-refractivity contribution in [2.45, 2.75) is 44.7 Å². The summed E-state index contributed by atoms with van der Waals surface area (Å²) in [5.41, 5.74) is 1.20. The van der Waals surface area contributed by atoms with Gasteiger partial charge in [0.15, 0.2) is 0 Å². The van der Waals surface area contributed by atoms with Gasteiger partial charge in [0.05, 0.1) is 11.7 Å². The molecule has 102 valence electrons. The number of aromatic nitrogens is 1.